The van der Waals surface area contributed by atoms with Gasteiger partial charge < -0.3 is 0 Å². The molecule has 2 heterocycles. The highest BCUT2D eigenvalue weighted by molar-refractivity contribution is 5.88. The molecule has 4 aromatic carbocycles. The fourth-order valence-electron chi connectivity index (χ4n) is 7.09. The number of pyridine rings is 2. The van der Waals surface area contributed by atoms with Crippen molar-refractivity contribution in [3.8, 4) is 44.5 Å². The molecule has 0 spiro atoms. The van der Waals surface area contributed by atoms with Crippen LogP contribution in [-0.2, 0) is 10.8 Å². The van der Waals surface area contributed by atoms with E-state index in [0.717, 1.165) is 22.2 Å². The van der Waals surface area contributed by atoms with Crippen LogP contribution in [0.3, 0.4) is 0 Å². The molecule has 2 heteroatoms. The lowest BCUT2D eigenvalue weighted by atomic mass is 9.81. The van der Waals surface area contributed by atoms with Gasteiger partial charge in [0, 0.05) is 34.4 Å². The van der Waals surface area contributed by atoms with Gasteiger partial charge in [0.15, 0.2) is 0 Å². The van der Waals surface area contributed by atoms with Crippen molar-refractivity contribution in [2.45, 2.75) is 38.5 Å². The Labute approximate surface area is 235 Å². The van der Waals surface area contributed by atoms with Gasteiger partial charge in [-0.05, 0) is 79.9 Å². The molecule has 0 aliphatic heterocycles. The summed E-state index contributed by atoms with van der Waals surface area (Å²) in [5.74, 6) is 0. The average molecular weight is 515 g/mol. The molecule has 0 fully saturated rings. The van der Waals surface area contributed by atoms with Gasteiger partial charge in [0.25, 0.3) is 0 Å². The molecule has 0 bridgehead atoms. The predicted molar refractivity (Wildman–Crippen MR) is 166 cm³/mol. The number of hydrogen-bond donors (Lipinski definition) is 0. The second-order valence-electron chi connectivity index (χ2n) is 12.3. The lowest BCUT2D eigenvalue weighted by Crippen LogP contribution is -2.14. The number of fused-ring (bicyclic) bond motifs is 7. The Morgan fingerprint density at radius 3 is 1.25 bits per heavy atom. The van der Waals surface area contributed by atoms with Crippen molar-refractivity contribution in [1.29, 1.82) is 0 Å². The van der Waals surface area contributed by atoms with Gasteiger partial charge in [-0.25, -0.2) is 0 Å². The van der Waals surface area contributed by atoms with Gasteiger partial charge in [0.05, 0.1) is 11.0 Å². The maximum Gasteiger partial charge on any atom is 0.0893 e. The van der Waals surface area contributed by atoms with E-state index < -0.39 is 0 Å². The van der Waals surface area contributed by atoms with Gasteiger partial charge in [-0.1, -0.05) is 100 Å². The predicted octanol–water partition coefficient (Wildman–Crippen LogP) is 9.58. The Hall–Kier alpha value is -4.56. The van der Waals surface area contributed by atoms with E-state index in [1.165, 1.54) is 55.6 Å². The maximum absolute atomic E-state index is 4.88. The fourth-order valence-corrected chi connectivity index (χ4v) is 7.09. The largest absolute Gasteiger partial charge is 0.254 e. The van der Waals surface area contributed by atoms with Crippen LogP contribution in [0.15, 0.2) is 109 Å². The van der Waals surface area contributed by atoms with Gasteiger partial charge in [-0.2, -0.15) is 0 Å². The van der Waals surface area contributed by atoms with Gasteiger partial charge in [0.2, 0.25) is 0 Å². The summed E-state index contributed by atoms with van der Waals surface area (Å²) in [6, 6.07) is 35.6. The van der Waals surface area contributed by atoms with E-state index in [4.69, 9.17) is 9.97 Å². The SMILES string of the molecule is CC1(C)c2ccccc2-c2ccc(-c3cnc4cc(-c5ccc6c(c5)C(C)(C)c5ccccc5-6)cnc4c3)cc21. The zero-order valence-corrected chi connectivity index (χ0v) is 23.3. The monoisotopic (exact) mass is 514 g/mol. The molecule has 0 N–H and O–H groups in total. The molecule has 0 radical (unpaired) electrons. The minimum Gasteiger partial charge on any atom is -0.254 e. The smallest absolute Gasteiger partial charge is 0.0893 e. The van der Waals surface area contributed by atoms with E-state index >= 15 is 0 Å². The maximum atomic E-state index is 4.88. The molecule has 0 amide bonds. The molecular formula is C38H30N2. The summed E-state index contributed by atoms with van der Waals surface area (Å²) in [7, 11) is 0. The Morgan fingerprint density at radius 2 is 0.800 bits per heavy atom. The fraction of sp³-hybridized carbons (Fsp3) is 0.158. The van der Waals surface area contributed by atoms with Gasteiger partial charge in [-0.15, -0.1) is 0 Å². The Morgan fingerprint density at radius 1 is 0.400 bits per heavy atom. The van der Waals surface area contributed by atoms with Crippen LogP contribution < -0.4 is 0 Å². The normalized spacial score (nSPS) is 15.4. The first-order valence-corrected chi connectivity index (χ1v) is 14.1. The van der Waals surface area contributed by atoms with E-state index in [1.807, 2.05) is 12.4 Å². The third-order valence-electron chi connectivity index (χ3n) is 9.37. The van der Waals surface area contributed by atoms with Crippen molar-refractivity contribution in [3.05, 3.63) is 132 Å². The van der Waals surface area contributed by atoms with E-state index in [9.17, 15) is 0 Å². The standard InChI is InChI=1S/C38H30N2/c1-37(2)31-11-7-5-9-27(31)29-15-13-23(17-33(29)37)25-19-35-36(39-21-25)20-26(22-40-35)24-14-16-30-28-10-6-8-12-32(28)38(3,4)34(30)18-24/h5-22H,1-4H3. The zero-order valence-electron chi connectivity index (χ0n) is 23.3. The minimum atomic E-state index is -0.0227. The van der Waals surface area contributed by atoms with E-state index in [1.54, 1.807) is 0 Å². The van der Waals surface area contributed by atoms with Crippen LogP contribution in [0.1, 0.15) is 49.9 Å². The number of benzene rings is 4. The quantitative estimate of drug-likeness (QED) is 0.230. The van der Waals surface area contributed by atoms with Crippen LogP contribution in [0.4, 0.5) is 0 Å². The van der Waals surface area contributed by atoms with Crippen LogP contribution >= 0.6 is 0 Å². The molecule has 0 unspecified atom stereocenters. The Balaban J connectivity index is 1.16. The Kier molecular flexibility index (Phi) is 4.66. The highest BCUT2D eigenvalue weighted by Crippen LogP contribution is 2.50. The lowest BCUT2D eigenvalue weighted by molar-refractivity contribution is 0.660. The van der Waals surface area contributed by atoms with Gasteiger partial charge in [0.1, 0.15) is 0 Å². The van der Waals surface area contributed by atoms with Crippen molar-refractivity contribution in [2.24, 2.45) is 0 Å². The summed E-state index contributed by atoms with van der Waals surface area (Å²) in [5, 5.41) is 0. The molecular weight excluding hydrogens is 484 g/mol. The van der Waals surface area contributed by atoms with Crippen LogP contribution in [0, 0.1) is 0 Å². The number of nitrogens with zero attached hydrogens (tertiary/aromatic N) is 2. The molecule has 0 atom stereocenters. The van der Waals surface area contributed by atoms with E-state index in [2.05, 4.69) is 125 Å². The van der Waals surface area contributed by atoms with Crippen LogP contribution in [0.5, 0.6) is 0 Å². The second kappa shape index (κ2) is 7.99. The summed E-state index contributed by atoms with van der Waals surface area (Å²) in [5.41, 5.74) is 17.2. The van der Waals surface area contributed by atoms with Crippen molar-refractivity contribution < 1.29 is 0 Å². The highest BCUT2D eigenvalue weighted by atomic mass is 14.7. The molecule has 2 nitrogen and oxygen atoms in total. The Bertz CT molecular complexity index is 1860. The summed E-state index contributed by atoms with van der Waals surface area (Å²) in [4.78, 5) is 9.77. The third-order valence-corrected chi connectivity index (χ3v) is 9.37. The van der Waals surface area contributed by atoms with E-state index in [0.29, 0.717) is 0 Å². The first kappa shape index (κ1) is 23.3. The first-order chi connectivity index (χ1) is 19.3. The van der Waals surface area contributed by atoms with E-state index in [-0.39, 0.29) is 10.8 Å². The number of aromatic nitrogens is 2. The first-order valence-electron chi connectivity index (χ1n) is 14.1. The summed E-state index contributed by atoms with van der Waals surface area (Å²) >= 11 is 0. The van der Waals surface area contributed by atoms with Crippen molar-refractivity contribution in [1.82, 2.24) is 9.97 Å². The lowest BCUT2D eigenvalue weighted by Gasteiger charge is -2.22. The minimum absolute atomic E-state index is 0.0227. The number of hydrogen-bond acceptors (Lipinski definition) is 2. The highest BCUT2D eigenvalue weighted by Gasteiger charge is 2.36. The van der Waals surface area contributed by atoms with Crippen LogP contribution in [0.25, 0.3) is 55.5 Å². The van der Waals surface area contributed by atoms with Gasteiger partial charge in [-0.3, -0.25) is 9.97 Å². The molecule has 8 rings (SSSR count). The summed E-state index contributed by atoms with van der Waals surface area (Å²) in [6.45, 7) is 9.29. The molecule has 2 aromatic heterocycles. The summed E-state index contributed by atoms with van der Waals surface area (Å²) in [6.07, 6.45) is 3.99. The molecule has 40 heavy (non-hydrogen) atoms. The molecule has 6 aromatic rings. The number of rotatable bonds is 2. The summed E-state index contributed by atoms with van der Waals surface area (Å²) < 4.78 is 0. The molecule has 192 valence electrons. The van der Waals surface area contributed by atoms with Crippen molar-refractivity contribution >= 4 is 11.0 Å². The molecule has 0 saturated carbocycles. The van der Waals surface area contributed by atoms with Crippen molar-refractivity contribution in [2.75, 3.05) is 0 Å². The molecule has 2 aliphatic rings. The second-order valence-corrected chi connectivity index (χ2v) is 12.3. The average Bonchev–Trinajstić information content (AvgIpc) is 3.36. The topological polar surface area (TPSA) is 25.8 Å². The zero-order chi connectivity index (χ0) is 27.2. The van der Waals surface area contributed by atoms with Crippen molar-refractivity contribution in [3.63, 3.8) is 0 Å². The third kappa shape index (κ3) is 3.17. The van der Waals surface area contributed by atoms with Crippen LogP contribution in [0.2, 0.25) is 0 Å². The van der Waals surface area contributed by atoms with Gasteiger partial charge >= 0.3 is 0 Å². The van der Waals surface area contributed by atoms with Crippen LogP contribution in [-0.4, -0.2) is 9.97 Å². The molecule has 2 aliphatic carbocycles. The molecule has 0 saturated heterocycles.